The van der Waals surface area contributed by atoms with Crippen LogP contribution in [0.1, 0.15) is 12.5 Å². The fourth-order valence-corrected chi connectivity index (χ4v) is 2.11. The predicted octanol–water partition coefficient (Wildman–Crippen LogP) is 3.89. The van der Waals surface area contributed by atoms with E-state index in [4.69, 9.17) is 0 Å². The molecule has 0 saturated carbocycles. The first-order chi connectivity index (χ1) is 9.71. The number of nitrogens with one attached hydrogen (secondary N) is 2. The molecule has 0 aliphatic rings. The van der Waals surface area contributed by atoms with Crippen LogP contribution >= 0.6 is 0 Å². The number of halogens is 5. The van der Waals surface area contributed by atoms with Gasteiger partial charge in [-0.3, -0.25) is 0 Å². The Bertz CT molecular complexity index is 603. The second-order valence-corrected chi connectivity index (χ2v) is 5.05. The highest BCUT2D eigenvalue weighted by molar-refractivity contribution is 5.83. The van der Waals surface area contributed by atoms with Gasteiger partial charge in [0.25, 0.3) is 0 Å². The maximum Gasteiger partial charge on any atom is 0.454 e. The zero-order chi connectivity index (χ0) is 15.7. The lowest BCUT2D eigenvalue weighted by Crippen LogP contribution is -2.47. The van der Waals surface area contributed by atoms with E-state index in [1.807, 2.05) is 24.3 Å². The van der Waals surface area contributed by atoms with Crippen molar-refractivity contribution in [3.63, 3.8) is 0 Å². The highest BCUT2D eigenvalue weighted by Gasteiger charge is 2.57. The monoisotopic (exact) mass is 306 g/mol. The molecule has 0 saturated heterocycles. The van der Waals surface area contributed by atoms with E-state index in [-0.39, 0.29) is 0 Å². The average Bonchev–Trinajstić information content (AvgIpc) is 2.79. The number of para-hydroxylation sites is 1. The van der Waals surface area contributed by atoms with Crippen LogP contribution < -0.4 is 5.32 Å². The molecule has 1 aromatic carbocycles. The zero-order valence-corrected chi connectivity index (χ0v) is 11.3. The smallest absolute Gasteiger partial charge is 0.361 e. The Morgan fingerprint density at radius 3 is 2.48 bits per heavy atom. The first-order valence-corrected chi connectivity index (χ1v) is 6.43. The van der Waals surface area contributed by atoms with Crippen LogP contribution in [0.5, 0.6) is 0 Å². The summed E-state index contributed by atoms with van der Waals surface area (Å²) in [6, 6.07) is 6.94. The maximum atomic E-state index is 12.8. The Balaban J connectivity index is 1.98. The van der Waals surface area contributed by atoms with Gasteiger partial charge in [-0.25, -0.2) is 0 Å². The zero-order valence-electron chi connectivity index (χ0n) is 11.3. The molecule has 0 aliphatic carbocycles. The van der Waals surface area contributed by atoms with E-state index in [9.17, 15) is 22.0 Å². The van der Waals surface area contributed by atoms with E-state index < -0.39 is 24.7 Å². The van der Waals surface area contributed by atoms with E-state index in [2.05, 4.69) is 10.3 Å². The summed E-state index contributed by atoms with van der Waals surface area (Å²) in [5.74, 6) is -4.72. The second kappa shape index (κ2) is 5.63. The number of fused-ring (bicyclic) bond motifs is 1. The van der Waals surface area contributed by atoms with Crippen molar-refractivity contribution in [3.05, 3.63) is 36.0 Å². The third kappa shape index (κ3) is 3.53. The Hall–Kier alpha value is -1.63. The molecule has 0 radical (unpaired) electrons. The largest absolute Gasteiger partial charge is 0.454 e. The molecule has 2 aromatic rings. The molecule has 7 heteroatoms. The van der Waals surface area contributed by atoms with Crippen LogP contribution in [0.25, 0.3) is 10.9 Å². The van der Waals surface area contributed by atoms with Crippen molar-refractivity contribution < 1.29 is 22.0 Å². The Kier molecular flexibility index (Phi) is 4.22. The summed E-state index contributed by atoms with van der Waals surface area (Å²) >= 11 is 0. The summed E-state index contributed by atoms with van der Waals surface area (Å²) in [6.07, 6.45) is -3.43. The van der Waals surface area contributed by atoms with Crippen LogP contribution in [0.3, 0.4) is 0 Å². The van der Waals surface area contributed by atoms with Gasteiger partial charge in [-0.05, 0) is 25.0 Å². The van der Waals surface area contributed by atoms with E-state index in [0.717, 1.165) is 16.5 Å². The minimum absolute atomic E-state index is 0.359. The van der Waals surface area contributed by atoms with E-state index in [1.165, 1.54) is 0 Å². The summed E-state index contributed by atoms with van der Waals surface area (Å²) in [5.41, 5.74) is 1.78. The van der Waals surface area contributed by atoms with Crippen molar-refractivity contribution in [3.8, 4) is 0 Å². The highest BCUT2D eigenvalue weighted by atomic mass is 19.4. The normalized spacial score (nSPS) is 14.6. The lowest BCUT2D eigenvalue weighted by molar-refractivity contribution is -0.279. The first kappa shape index (κ1) is 15.8. The lowest BCUT2D eigenvalue weighted by Gasteiger charge is -2.22. The number of aromatic amines is 1. The van der Waals surface area contributed by atoms with Crippen LogP contribution in [0.4, 0.5) is 22.0 Å². The van der Waals surface area contributed by atoms with Crippen molar-refractivity contribution >= 4 is 10.9 Å². The van der Waals surface area contributed by atoms with E-state index in [0.29, 0.717) is 6.42 Å². The maximum absolute atomic E-state index is 12.8. The molecule has 2 nitrogen and oxygen atoms in total. The summed E-state index contributed by atoms with van der Waals surface area (Å²) in [7, 11) is 0. The van der Waals surface area contributed by atoms with Crippen molar-refractivity contribution in [2.24, 2.45) is 0 Å². The molecule has 1 heterocycles. The summed E-state index contributed by atoms with van der Waals surface area (Å²) in [5, 5.41) is 3.19. The molecule has 1 aromatic heterocycles. The molecule has 2 N–H and O–H groups in total. The van der Waals surface area contributed by atoms with Gasteiger partial charge in [0.2, 0.25) is 0 Å². The third-order valence-electron chi connectivity index (χ3n) is 3.29. The number of aromatic nitrogens is 1. The van der Waals surface area contributed by atoms with Crippen molar-refractivity contribution in [2.75, 3.05) is 6.54 Å². The van der Waals surface area contributed by atoms with Crippen LogP contribution in [-0.2, 0) is 6.42 Å². The molecule has 21 heavy (non-hydrogen) atoms. The van der Waals surface area contributed by atoms with Crippen LogP contribution in [-0.4, -0.2) is 29.7 Å². The molecule has 116 valence electrons. The van der Waals surface area contributed by atoms with Crippen molar-refractivity contribution in [1.82, 2.24) is 10.3 Å². The minimum Gasteiger partial charge on any atom is -0.361 e. The van der Waals surface area contributed by atoms with Gasteiger partial charge in [0.15, 0.2) is 0 Å². The standard InChI is InChI=1S/C14H15F5N2/c1-9(21-8-13(15,16)14(17,18)19)6-10-7-20-12-5-3-2-4-11(10)12/h2-5,7,9,20-21H,6,8H2,1H3/t9-/m1/s1. The third-order valence-corrected chi connectivity index (χ3v) is 3.29. The molecule has 0 fully saturated rings. The Morgan fingerprint density at radius 1 is 1.14 bits per heavy atom. The molecule has 0 amide bonds. The lowest BCUT2D eigenvalue weighted by atomic mass is 10.1. The van der Waals surface area contributed by atoms with Crippen LogP contribution in [0, 0.1) is 0 Å². The second-order valence-electron chi connectivity index (χ2n) is 5.05. The molecule has 2 rings (SSSR count). The Labute approximate surface area is 118 Å². The molecule has 0 spiro atoms. The van der Waals surface area contributed by atoms with Crippen molar-refractivity contribution in [1.29, 1.82) is 0 Å². The number of benzene rings is 1. The van der Waals surface area contributed by atoms with Gasteiger partial charge in [0.1, 0.15) is 0 Å². The SMILES string of the molecule is C[C@H](Cc1c[nH]c2ccccc12)NCC(F)(F)C(F)(F)F. The quantitative estimate of drug-likeness (QED) is 0.806. The van der Waals surface area contributed by atoms with Gasteiger partial charge in [0, 0.05) is 23.1 Å². The fraction of sp³-hybridized carbons (Fsp3) is 0.429. The number of rotatable bonds is 5. The van der Waals surface area contributed by atoms with Gasteiger partial charge in [-0.1, -0.05) is 18.2 Å². The van der Waals surface area contributed by atoms with Gasteiger partial charge >= 0.3 is 12.1 Å². The predicted molar refractivity (Wildman–Crippen MR) is 70.5 cm³/mol. The first-order valence-electron chi connectivity index (χ1n) is 6.43. The molecule has 0 aliphatic heterocycles. The van der Waals surface area contributed by atoms with Crippen LogP contribution in [0.2, 0.25) is 0 Å². The van der Waals surface area contributed by atoms with Gasteiger partial charge in [-0.15, -0.1) is 0 Å². The molecule has 0 unspecified atom stereocenters. The molecule has 1 atom stereocenters. The summed E-state index contributed by atoms with van der Waals surface area (Å²) in [4.78, 5) is 3.03. The van der Waals surface area contributed by atoms with Gasteiger partial charge in [0.05, 0.1) is 6.54 Å². The van der Waals surface area contributed by atoms with Crippen molar-refractivity contribution in [2.45, 2.75) is 31.5 Å². The molecular formula is C14H15F5N2. The topological polar surface area (TPSA) is 27.8 Å². The highest BCUT2D eigenvalue weighted by Crippen LogP contribution is 2.34. The van der Waals surface area contributed by atoms with Gasteiger partial charge in [-0.2, -0.15) is 22.0 Å². The number of H-pyrrole nitrogens is 1. The Morgan fingerprint density at radius 2 is 1.81 bits per heavy atom. The van der Waals surface area contributed by atoms with Crippen LogP contribution in [0.15, 0.2) is 30.5 Å². The van der Waals surface area contributed by atoms with E-state index in [1.54, 1.807) is 13.1 Å². The number of alkyl halides is 5. The average molecular weight is 306 g/mol. The summed E-state index contributed by atoms with van der Waals surface area (Å²) in [6.45, 7) is 0.161. The molecule has 0 bridgehead atoms. The fourth-order valence-electron chi connectivity index (χ4n) is 2.11. The number of hydrogen-bond acceptors (Lipinski definition) is 1. The number of hydrogen-bond donors (Lipinski definition) is 2. The van der Waals surface area contributed by atoms with E-state index >= 15 is 0 Å². The minimum atomic E-state index is -5.53. The van der Waals surface area contributed by atoms with Gasteiger partial charge < -0.3 is 10.3 Å². The molecular weight excluding hydrogens is 291 g/mol. The summed E-state index contributed by atoms with van der Waals surface area (Å²) < 4.78 is 61.9.